The molecule has 132 valence electrons. The molecule has 3 heterocycles. The zero-order valence-corrected chi connectivity index (χ0v) is 14.7. The number of allylic oxidation sites excluding steroid dienone is 5. The molecule has 0 spiro atoms. The van der Waals surface area contributed by atoms with Gasteiger partial charge in [-0.15, -0.1) is 0 Å². The van der Waals surface area contributed by atoms with E-state index in [-0.39, 0.29) is 6.61 Å². The molecule has 26 heavy (non-hydrogen) atoms. The predicted octanol–water partition coefficient (Wildman–Crippen LogP) is 4.38. The van der Waals surface area contributed by atoms with Crippen LogP contribution >= 0.6 is 0 Å². The molecular formula is C20H19FN4O. The molecule has 0 amide bonds. The summed E-state index contributed by atoms with van der Waals surface area (Å²) in [4.78, 5) is 12.6. The Labute approximate surface area is 151 Å². The van der Waals surface area contributed by atoms with Crippen molar-refractivity contribution < 1.29 is 9.13 Å². The van der Waals surface area contributed by atoms with E-state index < -0.39 is 5.82 Å². The molecule has 5 nitrogen and oxygen atoms in total. The van der Waals surface area contributed by atoms with Crippen LogP contribution in [-0.2, 0) is 6.61 Å². The number of halogens is 1. The number of imidazole rings is 1. The molecule has 6 heteroatoms. The van der Waals surface area contributed by atoms with Crippen molar-refractivity contribution in [2.45, 2.75) is 20.5 Å². The standard InChI is InChI=1S/C20H19FN4O/c1-4-5-6-19(14(2)3)15-8-23-20-24-17(12-25(20)11-15)13-26-18-7-16(21)9-22-10-18/h4-12H,2,13H2,1,3H3/b5-4-,19-6+. The first-order chi connectivity index (χ1) is 12.6. The molecule has 0 bridgehead atoms. The van der Waals surface area contributed by atoms with Gasteiger partial charge in [0.25, 0.3) is 0 Å². The summed E-state index contributed by atoms with van der Waals surface area (Å²) in [5.74, 6) is 0.482. The average Bonchev–Trinajstić information content (AvgIpc) is 3.02. The highest BCUT2D eigenvalue weighted by Gasteiger charge is 2.08. The summed E-state index contributed by atoms with van der Waals surface area (Å²) in [5.41, 5.74) is 3.59. The third kappa shape index (κ3) is 4.03. The fourth-order valence-electron chi connectivity index (χ4n) is 2.45. The van der Waals surface area contributed by atoms with Crippen LogP contribution < -0.4 is 4.74 Å². The van der Waals surface area contributed by atoms with E-state index in [0.717, 1.165) is 22.9 Å². The Bertz CT molecular complexity index is 1000. The SMILES string of the molecule is C=C(C)/C(=C\C=C/C)c1cnc2nc(COc3cncc(F)c3)cn2c1. The van der Waals surface area contributed by atoms with E-state index in [1.54, 1.807) is 6.20 Å². The molecule has 0 aliphatic rings. The summed E-state index contributed by atoms with van der Waals surface area (Å²) in [6.45, 7) is 8.15. The molecule has 0 saturated carbocycles. The maximum atomic E-state index is 13.1. The molecule has 0 radical (unpaired) electrons. The summed E-state index contributed by atoms with van der Waals surface area (Å²) in [6, 6.07) is 1.28. The molecular weight excluding hydrogens is 331 g/mol. The summed E-state index contributed by atoms with van der Waals surface area (Å²) < 4.78 is 20.5. The van der Waals surface area contributed by atoms with Crippen molar-refractivity contribution >= 4 is 11.4 Å². The third-order valence-electron chi connectivity index (χ3n) is 3.65. The van der Waals surface area contributed by atoms with Crippen LogP contribution in [0.15, 0.2) is 67.4 Å². The minimum Gasteiger partial charge on any atom is -0.486 e. The normalized spacial score (nSPS) is 12.0. The Kier molecular flexibility index (Phi) is 5.22. The molecule has 3 aromatic rings. The first kappa shape index (κ1) is 17.5. The first-order valence-electron chi connectivity index (χ1n) is 8.13. The Morgan fingerprint density at radius 3 is 2.88 bits per heavy atom. The van der Waals surface area contributed by atoms with Crippen LogP contribution in [0.5, 0.6) is 5.75 Å². The van der Waals surface area contributed by atoms with E-state index in [1.165, 1.54) is 12.3 Å². The van der Waals surface area contributed by atoms with E-state index in [1.807, 2.05) is 48.9 Å². The van der Waals surface area contributed by atoms with Gasteiger partial charge in [0.2, 0.25) is 5.78 Å². The lowest BCUT2D eigenvalue weighted by Crippen LogP contribution is -1.96. The predicted molar refractivity (Wildman–Crippen MR) is 99.1 cm³/mol. The topological polar surface area (TPSA) is 52.3 Å². The van der Waals surface area contributed by atoms with Gasteiger partial charge in [0.05, 0.1) is 18.1 Å². The number of fused-ring (bicyclic) bond motifs is 1. The molecule has 0 unspecified atom stereocenters. The van der Waals surface area contributed by atoms with Crippen LogP contribution in [0.1, 0.15) is 25.1 Å². The molecule has 0 aliphatic carbocycles. The minimum atomic E-state index is -0.441. The molecule has 0 saturated heterocycles. The minimum absolute atomic E-state index is 0.200. The lowest BCUT2D eigenvalue weighted by molar-refractivity contribution is 0.299. The quantitative estimate of drug-likeness (QED) is 0.619. The smallest absolute Gasteiger partial charge is 0.234 e. The zero-order valence-electron chi connectivity index (χ0n) is 14.7. The van der Waals surface area contributed by atoms with Gasteiger partial charge in [-0.1, -0.05) is 30.4 Å². The van der Waals surface area contributed by atoms with Gasteiger partial charge in [-0.25, -0.2) is 14.4 Å². The molecule has 3 aromatic heterocycles. The lowest BCUT2D eigenvalue weighted by Gasteiger charge is -2.06. The summed E-state index contributed by atoms with van der Waals surface area (Å²) >= 11 is 0. The van der Waals surface area contributed by atoms with Gasteiger partial charge >= 0.3 is 0 Å². The van der Waals surface area contributed by atoms with Crippen molar-refractivity contribution in [1.82, 2.24) is 19.4 Å². The average molecular weight is 350 g/mol. The molecule has 0 aromatic carbocycles. The largest absolute Gasteiger partial charge is 0.486 e. The fourth-order valence-corrected chi connectivity index (χ4v) is 2.45. The van der Waals surface area contributed by atoms with E-state index in [0.29, 0.717) is 17.2 Å². The molecule has 0 atom stereocenters. The van der Waals surface area contributed by atoms with Crippen molar-refractivity contribution in [3.63, 3.8) is 0 Å². The highest BCUT2D eigenvalue weighted by Crippen LogP contribution is 2.21. The van der Waals surface area contributed by atoms with Crippen LogP contribution in [-0.4, -0.2) is 19.4 Å². The number of hydrogen-bond donors (Lipinski definition) is 0. The van der Waals surface area contributed by atoms with Crippen LogP contribution in [0.4, 0.5) is 4.39 Å². The van der Waals surface area contributed by atoms with Crippen LogP contribution in [0, 0.1) is 5.82 Å². The zero-order chi connectivity index (χ0) is 18.5. The van der Waals surface area contributed by atoms with Gasteiger partial charge < -0.3 is 4.74 Å². The van der Waals surface area contributed by atoms with Crippen molar-refractivity contribution in [3.05, 3.63) is 84.5 Å². The van der Waals surface area contributed by atoms with Crippen LogP contribution in [0.2, 0.25) is 0 Å². The number of ether oxygens (including phenoxy) is 1. The van der Waals surface area contributed by atoms with Gasteiger partial charge in [0.1, 0.15) is 18.2 Å². The Morgan fingerprint density at radius 2 is 2.15 bits per heavy atom. The van der Waals surface area contributed by atoms with Crippen molar-refractivity contribution in [3.8, 4) is 5.75 Å². The van der Waals surface area contributed by atoms with Gasteiger partial charge in [0, 0.05) is 30.2 Å². The van der Waals surface area contributed by atoms with Gasteiger partial charge in [-0.3, -0.25) is 9.38 Å². The Morgan fingerprint density at radius 1 is 1.31 bits per heavy atom. The summed E-state index contributed by atoms with van der Waals surface area (Å²) in [5, 5.41) is 0. The van der Waals surface area contributed by atoms with E-state index in [2.05, 4.69) is 21.5 Å². The summed E-state index contributed by atoms with van der Waals surface area (Å²) in [7, 11) is 0. The highest BCUT2D eigenvalue weighted by molar-refractivity contribution is 5.78. The van der Waals surface area contributed by atoms with E-state index in [9.17, 15) is 4.39 Å². The van der Waals surface area contributed by atoms with Gasteiger partial charge in [-0.05, 0) is 19.4 Å². The van der Waals surface area contributed by atoms with Crippen molar-refractivity contribution in [2.75, 3.05) is 0 Å². The Hall–Kier alpha value is -3.28. The van der Waals surface area contributed by atoms with Crippen LogP contribution in [0.3, 0.4) is 0 Å². The maximum Gasteiger partial charge on any atom is 0.234 e. The summed E-state index contributed by atoms with van der Waals surface area (Å²) in [6.07, 6.45) is 14.1. The monoisotopic (exact) mass is 350 g/mol. The van der Waals surface area contributed by atoms with Gasteiger partial charge in [0.15, 0.2) is 0 Å². The number of pyridine rings is 1. The second-order valence-corrected chi connectivity index (χ2v) is 5.80. The number of aromatic nitrogens is 4. The maximum absolute atomic E-state index is 13.1. The van der Waals surface area contributed by atoms with Gasteiger partial charge in [-0.2, -0.15) is 0 Å². The first-order valence-corrected chi connectivity index (χ1v) is 8.13. The van der Waals surface area contributed by atoms with Crippen molar-refractivity contribution in [2.24, 2.45) is 0 Å². The fraction of sp³-hybridized carbons (Fsp3) is 0.150. The van der Waals surface area contributed by atoms with Crippen molar-refractivity contribution in [1.29, 1.82) is 0 Å². The Balaban J connectivity index is 1.84. The number of nitrogens with zero attached hydrogens (tertiary/aromatic N) is 4. The van der Waals surface area contributed by atoms with Crippen LogP contribution in [0.25, 0.3) is 11.4 Å². The second kappa shape index (κ2) is 7.74. The molecule has 0 fully saturated rings. The molecule has 0 aliphatic heterocycles. The number of hydrogen-bond acceptors (Lipinski definition) is 4. The molecule has 0 N–H and O–H groups in total. The lowest BCUT2D eigenvalue weighted by atomic mass is 10.0. The third-order valence-corrected chi connectivity index (χ3v) is 3.65. The highest BCUT2D eigenvalue weighted by atomic mass is 19.1. The van der Waals surface area contributed by atoms with E-state index in [4.69, 9.17) is 4.74 Å². The molecule has 3 rings (SSSR count). The van der Waals surface area contributed by atoms with E-state index >= 15 is 0 Å². The number of rotatable bonds is 6. The second-order valence-electron chi connectivity index (χ2n) is 5.80.